The molecular formula is C21H20N2O3. The van der Waals surface area contributed by atoms with Gasteiger partial charge in [0.25, 0.3) is 5.91 Å². The summed E-state index contributed by atoms with van der Waals surface area (Å²) in [5.74, 6) is 1.37. The van der Waals surface area contributed by atoms with Crippen molar-refractivity contribution in [3.8, 4) is 11.5 Å². The summed E-state index contributed by atoms with van der Waals surface area (Å²) in [5, 5.41) is 1.02. The first-order valence-corrected chi connectivity index (χ1v) is 8.78. The second-order valence-electron chi connectivity index (χ2n) is 6.23. The van der Waals surface area contributed by atoms with E-state index < -0.39 is 0 Å². The largest absolute Gasteiger partial charge is 0.486 e. The van der Waals surface area contributed by atoms with Crippen molar-refractivity contribution in [2.24, 2.45) is 0 Å². The molecule has 0 radical (unpaired) electrons. The standard InChI is InChI=1S/C21H20N2O3/c1-2-23(13-16-14-25-19-9-5-6-10-20(19)26-16)21(24)18-12-11-15-7-3-4-8-17(15)22-18/h3-12,16H,2,13-14H2,1H3. The summed E-state index contributed by atoms with van der Waals surface area (Å²) < 4.78 is 11.7. The number of nitrogens with zero attached hydrogens (tertiary/aromatic N) is 2. The predicted octanol–water partition coefficient (Wildman–Crippen LogP) is 3.54. The number of fused-ring (bicyclic) bond motifs is 2. The molecule has 2 aromatic carbocycles. The van der Waals surface area contributed by atoms with E-state index in [0.717, 1.165) is 22.4 Å². The molecular weight excluding hydrogens is 328 g/mol. The number of likely N-dealkylation sites (N-methyl/N-ethyl adjacent to an activating group) is 1. The molecule has 4 rings (SSSR count). The van der Waals surface area contributed by atoms with Gasteiger partial charge in [-0.25, -0.2) is 4.98 Å². The Hall–Kier alpha value is -3.08. The van der Waals surface area contributed by atoms with Crippen molar-refractivity contribution >= 4 is 16.8 Å². The van der Waals surface area contributed by atoms with Crippen LogP contribution in [0.3, 0.4) is 0 Å². The molecule has 132 valence electrons. The minimum Gasteiger partial charge on any atom is -0.486 e. The minimum atomic E-state index is -0.200. The predicted molar refractivity (Wildman–Crippen MR) is 99.7 cm³/mol. The third kappa shape index (κ3) is 3.20. The van der Waals surface area contributed by atoms with Crippen LogP contribution in [0.5, 0.6) is 11.5 Å². The van der Waals surface area contributed by atoms with E-state index in [0.29, 0.717) is 25.4 Å². The highest BCUT2D eigenvalue weighted by Gasteiger charge is 2.25. The van der Waals surface area contributed by atoms with Gasteiger partial charge >= 0.3 is 0 Å². The Morgan fingerprint density at radius 1 is 1.08 bits per heavy atom. The second-order valence-corrected chi connectivity index (χ2v) is 6.23. The van der Waals surface area contributed by atoms with E-state index in [9.17, 15) is 4.79 Å². The van der Waals surface area contributed by atoms with E-state index in [-0.39, 0.29) is 12.0 Å². The van der Waals surface area contributed by atoms with Crippen LogP contribution >= 0.6 is 0 Å². The lowest BCUT2D eigenvalue weighted by Crippen LogP contribution is -2.43. The summed E-state index contributed by atoms with van der Waals surface area (Å²) in [6, 6.07) is 19.1. The number of rotatable bonds is 4. The van der Waals surface area contributed by atoms with Crippen LogP contribution in [0, 0.1) is 0 Å². The lowest BCUT2D eigenvalue weighted by atomic mass is 10.2. The number of pyridine rings is 1. The van der Waals surface area contributed by atoms with Gasteiger partial charge in [-0.15, -0.1) is 0 Å². The van der Waals surface area contributed by atoms with Crippen molar-refractivity contribution in [2.45, 2.75) is 13.0 Å². The maximum absolute atomic E-state index is 12.9. The lowest BCUT2D eigenvalue weighted by Gasteiger charge is -2.30. The Labute approximate surface area is 152 Å². The van der Waals surface area contributed by atoms with E-state index >= 15 is 0 Å². The Balaban J connectivity index is 1.50. The zero-order valence-electron chi connectivity index (χ0n) is 14.6. The molecule has 0 aliphatic carbocycles. The molecule has 3 aromatic rings. The number of aromatic nitrogens is 1. The van der Waals surface area contributed by atoms with Crippen molar-refractivity contribution in [3.05, 3.63) is 66.4 Å². The molecule has 1 aliphatic heterocycles. The first kappa shape index (κ1) is 16.4. The number of ether oxygens (including phenoxy) is 2. The van der Waals surface area contributed by atoms with Gasteiger partial charge in [0.2, 0.25) is 0 Å². The molecule has 26 heavy (non-hydrogen) atoms. The molecule has 1 atom stereocenters. The SMILES string of the molecule is CCN(CC1COc2ccccc2O1)C(=O)c1ccc2ccccc2n1. The van der Waals surface area contributed by atoms with Gasteiger partial charge in [0.05, 0.1) is 12.1 Å². The van der Waals surface area contributed by atoms with Crippen LogP contribution in [0.4, 0.5) is 0 Å². The molecule has 5 heteroatoms. The maximum Gasteiger partial charge on any atom is 0.272 e. The topological polar surface area (TPSA) is 51.7 Å². The van der Waals surface area contributed by atoms with Gasteiger partial charge in [0.15, 0.2) is 17.6 Å². The zero-order valence-corrected chi connectivity index (χ0v) is 14.6. The van der Waals surface area contributed by atoms with Crippen molar-refractivity contribution in [1.29, 1.82) is 0 Å². The van der Waals surface area contributed by atoms with Crippen LogP contribution in [0.25, 0.3) is 10.9 Å². The molecule has 1 amide bonds. The number of carbonyl (C=O) groups is 1. The Bertz CT molecular complexity index is 941. The molecule has 0 fully saturated rings. The normalized spacial score (nSPS) is 15.7. The monoisotopic (exact) mass is 348 g/mol. The first-order chi connectivity index (χ1) is 12.7. The van der Waals surface area contributed by atoms with Crippen LogP contribution in [-0.2, 0) is 0 Å². The number of amides is 1. The van der Waals surface area contributed by atoms with E-state index in [1.54, 1.807) is 11.0 Å². The highest BCUT2D eigenvalue weighted by atomic mass is 16.6. The summed E-state index contributed by atoms with van der Waals surface area (Å²) in [5.41, 5.74) is 1.27. The fourth-order valence-electron chi connectivity index (χ4n) is 3.10. The van der Waals surface area contributed by atoms with Crippen LogP contribution in [-0.4, -0.2) is 41.6 Å². The van der Waals surface area contributed by atoms with E-state index in [2.05, 4.69) is 4.98 Å². The Kier molecular flexibility index (Phi) is 4.44. The second kappa shape index (κ2) is 7.04. The van der Waals surface area contributed by atoms with Gasteiger partial charge in [-0.1, -0.05) is 36.4 Å². The van der Waals surface area contributed by atoms with Gasteiger partial charge in [0.1, 0.15) is 12.3 Å². The number of carbonyl (C=O) groups excluding carboxylic acids is 1. The molecule has 1 aliphatic rings. The zero-order chi connectivity index (χ0) is 17.9. The van der Waals surface area contributed by atoms with Crippen molar-refractivity contribution in [2.75, 3.05) is 19.7 Å². The van der Waals surface area contributed by atoms with Gasteiger partial charge in [-0.05, 0) is 31.2 Å². The smallest absolute Gasteiger partial charge is 0.272 e. The summed E-state index contributed by atoms with van der Waals surface area (Å²) >= 11 is 0. The third-order valence-electron chi connectivity index (χ3n) is 4.48. The Morgan fingerprint density at radius 3 is 2.69 bits per heavy atom. The summed E-state index contributed by atoms with van der Waals surface area (Å²) in [6.07, 6.45) is -0.200. The van der Waals surface area contributed by atoms with Crippen molar-refractivity contribution in [1.82, 2.24) is 9.88 Å². The van der Waals surface area contributed by atoms with Gasteiger partial charge in [-0.2, -0.15) is 0 Å². The van der Waals surface area contributed by atoms with Gasteiger partial charge < -0.3 is 14.4 Å². The lowest BCUT2D eigenvalue weighted by molar-refractivity contribution is 0.0471. The average Bonchev–Trinajstić information content (AvgIpc) is 2.71. The summed E-state index contributed by atoms with van der Waals surface area (Å²) in [6.45, 7) is 3.41. The molecule has 0 spiro atoms. The summed E-state index contributed by atoms with van der Waals surface area (Å²) in [7, 11) is 0. The molecule has 0 N–H and O–H groups in total. The molecule has 1 aromatic heterocycles. The number of hydrogen-bond donors (Lipinski definition) is 0. The number of para-hydroxylation sites is 3. The van der Waals surface area contributed by atoms with Crippen LogP contribution in [0.15, 0.2) is 60.7 Å². The molecule has 1 unspecified atom stereocenters. The molecule has 0 saturated heterocycles. The highest BCUT2D eigenvalue weighted by Crippen LogP contribution is 2.31. The minimum absolute atomic E-state index is 0.0966. The van der Waals surface area contributed by atoms with Crippen LogP contribution in [0.2, 0.25) is 0 Å². The maximum atomic E-state index is 12.9. The van der Waals surface area contributed by atoms with Crippen LogP contribution in [0.1, 0.15) is 17.4 Å². The number of benzene rings is 2. The fourth-order valence-corrected chi connectivity index (χ4v) is 3.10. The molecule has 0 bridgehead atoms. The van der Waals surface area contributed by atoms with E-state index in [1.165, 1.54) is 0 Å². The molecule has 5 nitrogen and oxygen atoms in total. The van der Waals surface area contributed by atoms with E-state index in [4.69, 9.17) is 9.47 Å². The summed E-state index contributed by atoms with van der Waals surface area (Å²) in [4.78, 5) is 19.2. The quantitative estimate of drug-likeness (QED) is 0.724. The van der Waals surface area contributed by atoms with Crippen LogP contribution < -0.4 is 9.47 Å². The highest BCUT2D eigenvalue weighted by molar-refractivity contribution is 5.94. The molecule has 0 saturated carbocycles. The third-order valence-corrected chi connectivity index (χ3v) is 4.48. The fraction of sp³-hybridized carbons (Fsp3) is 0.238. The van der Waals surface area contributed by atoms with Gasteiger partial charge in [0, 0.05) is 11.9 Å². The van der Waals surface area contributed by atoms with Crippen molar-refractivity contribution in [3.63, 3.8) is 0 Å². The van der Waals surface area contributed by atoms with E-state index in [1.807, 2.05) is 61.5 Å². The average molecular weight is 348 g/mol. The molecule has 2 heterocycles. The van der Waals surface area contributed by atoms with Crippen molar-refractivity contribution < 1.29 is 14.3 Å². The first-order valence-electron chi connectivity index (χ1n) is 8.78. The number of hydrogen-bond acceptors (Lipinski definition) is 4. The van der Waals surface area contributed by atoms with Gasteiger partial charge in [-0.3, -0.25) is 4.79 Å². The Morgan fingerprint density at radius 2 is 1.85 bits per heavy atom.